The first-order valence-corrected chi connectivity index (χ1v) is 9.12. The summed E-state index contributed by atoms with van der Waals surface area (Å²) in [4.78, 5) is 23.7. The van der Waals surface area contributed by atoms with Crippen LogP contribution in [0.15, 0.2) is 39.5 Å². The van der Waals surface area contributed by atoms with Crippen molar-refractivity contribution in [2.75, 3.05) is 11.9 Å². The average molecular weight is 395 g/mol. The summed E-state index contributed by atoms with van der Waals surface area (Å²) in [5.41, 5.74) is 2.96. The van der Waals surface area contributed by atoms with Crippen molar-refractivity contribution in [2.45, 2.75) is 26.2 Å². The molecule has 122 valence electrons. The van der Waals surface area contributed by atoms with Gasteiger partial charge in [0.2, 0.25) is 11.8 Å². The fourth-order valence-corrected chi connectivity index (χ4v) is 3.10. The molecule has 0 bridgehead atoms. The smallest absolute Gasteiger partial charge is 0.226 e. The van der Waals surface area contributed by atoms with E-state index in [-0.39, 0.29) is 18.2 Å². The van der Waals surface area contributed by atoms with Crippen molar-refractivity contribution in [1.82, 2.24) is 5.32 Å². The minimum absolute atomic E-state index is 0.0253. The molecule has 0 aliphatic carbocycles. The summed E-state index contributed by atoms with van der Waals surface area (Å²) in [6.45, 7) is 2.29. The van der Waals surface area contributed by atoms with E-state index in [1.54, 1.807) is 11.3 Å². The highest BCUT2D eigenvalue weighted by Gasteiger charge is 2.07. The third-order valence-electron chi connectivity index (χ3n) is 3.37. The van der Waals surface area contributed by atoms with Gasteiger partial charge in [-0.1, -0.05) is 22.0 Å². The number of anilines is 1. The highest BCUT2D eigenvalue weighted by atomic mass is 79.9. The van der Waals surface area contributed by atoms with Gasteiger partial charge < -0.3 is 10.6 Å². The number of hydrogen-bond donors (Lipinski definition) is 2. The van der Waals surface area contributed by atoms with Crippen LogP contribution < -0.4 is 10.6 Å². The number of nitrogens with one attached hydrogen (secondary N) is 2. The van der Waals surface area contributed by atoms with Gasteiger partial charge in [0.05, 0.1) is 0 Å². The predicted molar refractivity (Wildman–Crippen MR) is 97.8 cm³/mol. The van der Waals surface area contributed by atoms with Crippen LogP contribution in [0.5, 0.6) is 0 Å². The SMILES string of the molecule is Cc1ccc(Br)cc1NC(=O)CCNC(=O)CCc1ccsc1. The number of halogens is 1. The molecule has 2 amide bonds. The van der Waals surface area contributed by atoms with Crippen molar-refractivity contribution in [1.29, 1.82) is 0 Å². The van der Waals surface area contributed by atoms with Crippen molar-refractivity contribution in [3.05, 3.63) is 50.6 Å². The molecule has 2 aromatic rings. The van der Waals surface area contributed by atoms with E-state index in [1.165, 1.54) is 5.56 Å². The Labute approximate surface area is 148 Å². The van der Waals surface area contributed by atoms with Crippen molar-refractivity contribution >= 4 is 44.8 Å². The lowest BCUT2D eigenvalue weighted by Crippen LogP contribution is -2.27. The van der Waals surface area contributed by atoms with E-state index in [2.05, 4.69) is 26.6 Å². The molecule has 2 N–H and O–H groups in total. The second-order valence-electron chi connectivity index (χ2n) is 5.24. The molecule has 1 heterocycles. The summed E-state index contributed by atoms with van der Waals surface area (Å²) >= 11 is 5.01. The number of carbonyl (C=O) groups excluding carboxylic acids is 2. The minimum atomic E-state index is -0.107. The summed E-state index contributed by atoms with van der Waals surface area (Å²) in [5.74, 6) is -0.132. The number of thiophene rings is 1. The first-order valence-electron chi connectivity index (χ1n) is 7.38. The van der Waals surface area contributed by atoms with E-state index in [0.717, 1.165) is 22.1 Å². The van der Waals surface area contributed by atoms with Crippen molar-refractivity contribution in [3.63, 3.8) is 0 Å². The average Bonchev–Trinajstić information content (AvgIpc) is 3.02. The van der Waals surface area contributed by atoms with Crippen molar-refractivity contribution in [2.24, 2.45) is 0 Å². The lowest BCUT2D eigenvalue weighted by molar-refractivity contribution is -0.121. The molecule has 0 aliphatic heterocycles. The lowest BCUT2D eigenvalue weighted by atomic mass is 10.2. The zero-order valence-electron chi connectivity index (χ0n) is 12.9. The molecule has 1 aromatic heterocycles. The second kappa shape index (κ2) is 8.84. The molecular formula is C17H19BrN2O2S. The number of hydrogen-bond acceptors (Lipinski definition) is 3. The molecule has 4 nitrogen and oxygen atoms in total. The number of amides is 2. The molecule has 0 saturated heterocycles. The van der Waals surface area contributed by atoms with E-state index < -0.39 is 0 Å². The highest BCUT2D eigenvalue weighted by molar-refractivity contribution is 9.10. The maximum Gasteiger partial charge on any atom is 0.226 e. The molecule has 2 rings (SSSR count). The van der Waals surface area contributed by atoms with E-state index in [0.29, 0.717) is 13.0 Å². The Morgan fingerprint density at radius 3 is 2.74 bits per heavy atom. The summed E-state index contributed by atoms with van der Waals surface area (Å²) in [6.07, 6.45) is 1.44. The largest absolute Gasteiger partial charge is 0.356 e. The van der Waals surface area contributed by atoms with Gasteiger partial charge in [-0.25, -0.2) is 0 Å². The predicted octanol–water partition coefficient (Wildman–Crippen LogP) is 3.90. The monoisotopic (exact) mass is 394 g/mol. The van der Waals surface area contributed by atoms with Crippen molar-refractivity contribution in [3.8, 4) is 0 Å². The number of benzene rings is 1. The van der Waals surface area contributed by atoms with Crippen LogP contribution >= 0.6 is 27.3 Å². The molecular weight excluding hydrogens is 376 g/mol. The van der Waals surface area contributed by atoms with Gasteiger partial charge in [0.25, 0.3) is 0 Å². The number of carbonyl (C=O) groups is 2. The molecule has 0 spiro atoms. The van der Waals surface area contributed by atoms with Crippen LogP contribution in [-0.2, 0) is 16.0 Å². The normalized spacial score (nSPS) is 10.3. The molecule has 0 aliphatic rings. The van der Waals surface area contributed by atoms with E-state index in [4.69, 9.17) is 0 Å². The molecule has 0 atom stereocenters. The Balaban J connectivity index is 1.68. The van der Waals surface area contributed by atoms with Gasteiger partial charge in [0, 0.05) is 29.5 Å². The van der Waals surface area contributed by atoms with Gasteiger partial charge in [-0.3, -0.25) is 9.59 Å². The Morgan fingerprint density at radius 2 is 2.00 bits per heavy atom. The fourth-order valence-electron chi connectivity index (χ4n) is 2.04. The number of rotatable bonds is 7. The van der Waals surface area contributed by atoms with E-state index >= 15 is 0 Å². The molecule has 0 saturated carbocycles. The van der Waals surface area contributed by atoms with Gasteiger partial charge in [-0.15, -0.1) is 0 Å². The highest BCUT2D eigenvalue weighted by Crippen LogP contribution is 2.20. The maximum absolute atomic E-state index is 11.9. The third kappa shape index (κ3) is 6.15. The Bertz CT molecular complexity index is 671. The zero-order chi connectivity index (χ0) is 16.7. The Kier molecular flexibility index (Phi) is 6.80. The lowest BCUT2D eigenvalue weighted by Gasteiger charge is -2.09. The van der Waals surface area contributed by atoms with Gasteiger partial charge in [0.1, 0.15) is 0 Å². The summed E-state index contributed by atoms with van der Waals surface area (Å²) in [7, 11) is 0. The van der Waals surface area contributed by atoms with Crippen LogP contribution in [0.4, 0.5) is 5.69 Å². The Hall–Kier alpha value is -1.66. The minimum Gasteiger partial charge on any atom is -0.356 e. The van der Waals surface area contributed by atoms with Crippen molar-refractivity contribution < 1.29 is 9.59 Å². The zero-order valence-corrected chi connectivity index (χ0v) is 15.3. The summed E-state index contributed by atoms with van der Waals surface area (Å²) < 4.78 is 0.917. The van der Waals surface area contributed by atoms with Crippen LogP contribution in [0.1, 0.15) is 24.0 Å². The molecule has 23 heavy (non-hydrogen) atoms. The second-order valence-corrected chi connectivity index (χ2v) is 6.93. The van der Waals surface area contributed by atoms with Gasteiger partial charge >= 0.3 is 0 Å². The van der Waals surface area contributed by atoms with Crippen LogP contribution in [-0.4, -0.2) is 18.4 Å². The summed E-state index contributed by atoms with van der Waals surface area (Å²) in [5, 5.41) is 9.69. The van der Waals surface area contributed by atoms with Crippen LogP contribution in [0, 0.1) is 6.92 Å². The van der Waals surface area contributed by atoms with Crippen LogP contribution in [0.3, 0.4) is 0 Å². The fraction of sp³-hybridized carbons (Fsp3) is 0.294. The molecule has 1 aromatic carbocycles. The first kappa shape index (κ1) is 17.7. The number of aryl methyl sites for hydroxylation is 2. The third-order valence-corrected chi connectivity index (χ3v) is 4.59. The first-order chi connectivity index (χ1) is 11.0. The molecule has 0 unspecified atom stereocenters. The molecule has 6 heteroatoms. The molecule has 0 radical (unpaired) electrons. The van der Waals surface area contributed by atoms with Crippen LogP contribution in [0.2, 0.25) is 0 Å². The maximum atomic E-state index is 11.9. The van der Waals surface area contributed by atoms with E-state index in [1.807, 2.05) is 41.9 Å². The quantitative estimate of drug-likeness (QED) is 0.747. The molecule has 0 fully saturated rings. The topological polar surface area (TPSA) is 58.2 Å². The van der Waals surface area contributed by atoms with E-state index in [9.17, 15) is 9.59 Å². The van der Waals surface area contributed by atoms with Crippen LogP contribution in [0.25, 0.3) is 0 Å². The summed E-state index contributed by atoms with van der Waals surface area (Å²) in [6, 6.07) is 7.75. The Morgan fingerprint density at radius 1 is 1.17 bits per heavy atom. The van der Waals surface area contributed by atoms with Gasteiger partial charge in [-0.2, -0.15) is 11.3 Å². The van der Waals surface area contributed by atoms with Gasteiger partial charge in [0.15, 0.2) is 0 Å². The standard InChI is InChI=1S/C17H19BrN2O2S/c1-12-2-4-14(18)10-15(12)20-17(22)6-8-19-16(21)5-3-13-7-9-23-11-13/h2,4,7,9-11H,3,5-6,8H2,1H3,(H,19,21)(H,20,22). The van der Waals surface area contributed by atoms with Gasteiger partial charge in [-0.05, 0) is 53.4 Å².